The zero-order chi connectivity index (χ0) is 74.3. The number of dihydropyridines is 3. The Labute approximate surface area is 653 Å². The zero-order valence-corrected chi connectivity index (χ0v) is 61.6. The van der Waals surface area contributed by atoms with Crippen LogP contribution in [-0.4, -0.2) is 36.8 Å². The number of allylic oxidation sites excluding steroid dienone is 35. The van der Waals surface area contributed by atoms with Gasteiger partial charge in [-0.2, -0.15) is 0 Å². The lowest BCUT2D eigenvalue weighted by Crippen LogP contribution is -2.31. The molecule has 12 aliphatic carbocycles. The molecule has 3 heterocycles. The number of halogens is 1. The summed E-state index contributed by atoms with van der Waals surface area (Å²) in [4.78, 5) is 18.9. The van der Waals surface area contributed by atoms with Gasteiger partial charge in [0.25, 0.3) is 0 Å². The smallest absolute Gasteiger partial charge is 0.147 e. The highest BCUT2D eigenvalue weighted by Crippen LogP contribution is 2.56. The average Bonchev–Trinajstić information content (AvgIpc) is 0.710. The Kier molecular flexibility index (Phi) is 16.3. The maximum absolute atomic E-state index is 15.1. The van der Waals surface area contributed by atoms with E-state index in [9.17, 15) is 0 Å². The number of anilines is 5. The Bertz CT molecular complexity index is 6200. The molecule has 112 heavy (non-hydrogen) atoms. The van der Waals surface area contributed by atoms with Gasteiger partial charge in [0, 0.05) is 59.1 Å². The van der Waals surface area contributed by atoms with Crippen LogP contribution < -0.4 is 9.80 Å². The third kappa shape index (κ3) is 11.4. The van der Waals surface area contributed by atoms with Crippen molar-refractivity contribution in [1.82, 2.24) is 0 Å². The van der Waals surface area contributed by atoms with Gasteiger partial charge < -0.3 is 9.80 Å². The predicted molar refractivity (Wildman–Crippen MR) is 462 cm³/mol. The minimum atomic E-state index is -0.251. The Morgan fingerprint density at radius 3 is 1.16 bits per heavy atom. The quantitative estimate of drug-likeness (QED) is 0.137. The van der Waals surface area contributed by atoms with Crippen molar-refractivity contribution in [2.75, 3.05) is 9.80 Å². The summed E-state index contributed by atoms with van der Waals surface area (Å²) < 4.78 is 15.1. The monoisotopic (exact) mass is 1440 g/mol. The molecule has 0 bridgehead atoms. The molecular formula is C106H74FN5. The highest BCUT2D eigenvalue weighted by molar-refractivity contribution is 5.93. The number of hydrogen-bond acceptors (Lipinski definition) is 5. The second kappa shape index (κ2) is 27.6. The first kappa shape index (κ1) is 66.3. The lowest BCUT2D eigenvalue weighted by Gasteiger charge is -2.41. The summed E-state index contributed by atoms with van der Waals surface area (Å²) in [6.45, 7) is 2.06. The van der Waals surface area contributed by atoms with E-state index in [2.05, 4.69) is 328 Å². The van der Waals surface area contributed by atoms with Gasteiger partial charge in [-0.25, -0.2) is 4.39 Å². The molecule has 0 amide bonds. The number of aliphatic imine (C=N–C) groups is 3. The molecule has 3 aliphatic heterocycles. The number of rotatable bonds is 10. The van der Waals surface area contributed by atoms with Crippen LogP contribution in [-0.2, 0) is 0 Å². The van der Waals surface area contributed by atoms with E-state index in [0.717, 1.165) is 33.9 Å². The van der Waals surface area contributed by atoms with E-state index in [1.807, 2.05) is 72.1 Å². The topological polar surface area (TPSA) is 43.6 Å². The highest BCUT2D eigenvalue weighted by Gasteiger charge is 2.43. The van der Waals surface area contributed by atoms with E-state index in [1.165, 1.54) is 151 Å². The van der Waals surface area contributed by atoms with Crippen molar-refractivity contribution < 1.29 is 4.39 Å². The van der Waals surface area contributed by atoms with Crippen LogP contribution in [0.25, 0.3) is 33.4 Å². The van der Waals surface area contributed by atoms with Crippen LogP contribution in [0, 0.1) is 30.5 Å². The molecule has 6 unspecified atom stereocenters. The predicted octanol–water partition coefficient (Wildman–Crippen LogP) is 24.8. The largest absolute Gasteiger partial charge is 0.310 e. The summed E-state index contributed by atoms with van der Waals surface area (Å²) in [5, 5.41) is 0. The number of fused-ring (bicyclic) bond motifs is 6. The minimum Gasteiger partial charge on any atom is -0.310 e. The first-order valence-electron chi connectivity index (χ1n) is 38.8. The molecule has 0 saturated heterocycles. The molecule has 0 spiro atoms. The van der Waals surface area contributed by atoms with Crippen LogP contribution in [0.1, 0.15) is 16.7 Å². The van der Waals surface area contributed by atoms with Crippen molar-refractivity contribution in [3.63, 3.8) is 0 Å². The van der Waals surface area contributed by atoms with Gasteiger partial charge in [0.2, 0.25) is 0 Å². The summed E-state index contributed by atoms with van der Waals surface area (Å²) in [5.41, 5.74) is 40.9. The molecule has 5 nitrogen and oxygen atoms in total. The van der Waals surface area contributed by atoms with Crippen LogP contribution in [0.3, 0.4) is 0 Å². The first-order chi connectivity index (χ1) is 55.4. The SMILES string of the molecule is C1=CC2=CC3=C4C(=CC=C5C=CC(N(c6ccccc6)c6ccccc6)=C(C=C3)C54)C2N=C1.C1=CC2=CC3=C4C(=CC=C5C=CC(c6cc(-c7ccccc7)cc(-c7ccccc7)c6)=C(C=C3)C54)C2N=C1.Cc1ccccc1N(c1ccc(C2=C3C=CC4=C5C(=CC=C(C=C2)C35)C2N=CC=CC2=C4)cc1)c1ccccc1F. The van der Waals surface area contributed by atoms with Crippen molar-refractivity contribution in [2.24, 2.45) is 32.7 Å². The van der Waals surface area contributed by atoms with Gasteiger partial charge in [-0.3, -0.25) is 15.0 Å². The number of benzene rings is 8. The second-order valence-electron chi connectivity index (χ2n) is 30.1. The Morgan fingerprint density at radius 1 is 0.295 bits per heavy atom. The van der Waals surface area contributed by atoms with E-state index in [1.54, 1.807) is 6.07 Å². The summed E-state index contributed by atoms with van der Waals surface area (Å²) in [6, 6.07) is 73.6. The standard InChI is InChI=1S/C38H27FN2.C37H25N.C31H22N2/c1-24-7-2-4-10-34(24)41(35-11-5-3-9-33(35)39)29-17-12-25(13-18-29)30-19-14-26-15-21-32-37-27(16-20-31(30)36(26)37)23-28-8-6-22-40-38(28)32;1-3-8-24(9-4-1)29-21-30(25-10-5-2-6-11-25)23-31(22-29)32-16-13-26-14-18-34-36-27(15-17-33(32)35(26)36)20-28-12-7-19-38-37(28)34;1-3-9-24(10-4-1)33(25-11-5-2-6-12-25)28-18-15-21-13-17-27-30-22(14-16-26(28)29(21)30)20-23-8-7-19-32-31(23)27/h2-23,36,38H,1H3;1-23,35,37H;1-20,29,31H. The molecule has 8 aromatic rings. The molecule has 530 valence electrons. The third-order valence-electron chi connectivity index (χ3n) is 23.8. The fourth-order valence-corrected chi connectivity index (χ4v) is 18.7. The van der Waals surface area contributed by atoms with Crippen molar-refractivity contribution >= 4 is 58.2 Å². The molecule has 0 aromatic heterocycles. The van der Waals surface area contributed by atoms with Gasteiger partial charge in [0.1, 0.15) is 23.9 Å². The summed E-state index contributed by atoms with van der Waals surface area (Å²) in [7, 11) is 0. The van der Waals surface area contributed by atoms with Crippen LogP contribution in [0.2, 0.25) is 0 Å². The van der Waals surface area contributed by atoms with Crippen LogP contribution in [0.15, 0.2) is 497 Å². The van der Waals surface area contributed by atoms with Gasteiger partial charge in [-0.1, -0.05) is 261 Å². The molecule has 23 rings (SSSR count). The normalized spacial score (nSPS) is 22.2. The summed E-state index contributed by atoms with van der Waals surface area (Å²) >= 11 is 0. The number of nitrogens with zero attached hydrogens (tertiary/aromatic N) is 5. The lowest BCUT2D eigenvalue weighted by atomic mass is 9.65. The molecule has 0 fully saturated rings. The van der Waals surface area contributed by atoms with Gasteiger partial charge in [-0.15, -0.1) is 0 Å². The number of hydrogen-bond donors (Lipinski definition) is 0. The maximum atomic E-state index is 15.1. The summed E-state index contributed by atoms with van der Waals surface area (Å²) in [5.74, 6) is 0.433. The molecule has 6 heteroatoms. The van der Waals surface area contributed by atoms with Crippen LogP contribution >= 0.6 is 0 Å². The van der Waals surface area contributed by atoms with E-state index >= 15 is 4.39 Å². The van der Waals surface area contributed by atoms with Crippen molar-refractivity contribution in [1.29, 1.82) is 0 Å². The molecule has 0 radical (unpaired) electrons. The second-order valence-corrected chi connectivity index (χ2v) is 30.1. The number of aryl methyl sites for hydroxylation is 1. The zero-order valence-electron chi connectivity index (χ0n) is 61.6. The molecule has 0 N–H and O–H groups in total. The summed E-state index contributed by atoms with van der Waals surface area (Å²) in [6.07, 6.45) is 66.7. The Morgan fingerprint density at radius 2 is 0.688 bits per heavy atom. The van der Waals surface area contributed by atoms with Crippen molar-refractivity contribution in [3.05, 3.63) is 505 Å². The van der Waals surface area contributed by atoms with Crippen molar-refractivity contribution in [3.8, 4) is 22.3 Å². The fraction of sp³-hybridized carbons (Fsp3) is 0.0660. The average molecular weight is 1440 g/mol. The fourth-order valence-electron chi connectivity index (χ4n) is 18.7. The van der Waals surface area contributed by atoms with E-state index in [4.69, 9.17) is 15.0 Å². The van der Waals surface area contributed by atoms with Crippen LogP contribution in [0.5, 0.6) is 0 Å². The van der Waals surface area contributed by atoms with E-state index < -0.39 is 0 Å². The molecule has 15 aliphatic rings. The maximum Gasteiger partial charge on any atom is 0.147 e. The highest BCUT2D eigenvalue weighted by atomic mass is 19.1. The Balaban J connectivity index is 0.000000107. The molecule has 0 saturated carbocycles. The molecular weight excluding hydrogens is 1360 g/mol. The molecule has 8 aromatic carbocycles. The van der Waals surface area contributed by atoms with Crippen LogP contribution in [0.4, 0.5) is 32.8 Å². The first-order valence-corrected chi connectivity index (χ1v) is 38.8. The van der Waals surface area contributed by atoms with Gasteiger partial charge in [0.05, 0.1) is 11.4 Å². The van der Waals surface area contributed by atoms with E-state index in [-0.39, 0.29) is 41.7 Å². The Hall–Kier alpha value is -13.9. The van der Waals surface area contributed by atoms with Gasteiger partial charge in [0.15, 0.2) is 0 Å². The minimum absolute atomic E-state index is 0.0729. The lowest BCUT2D eigenvalue weighted by molar-refractivity contribution is 0.629. The van der Waals surface area contributed by atoms with Gasteiger partial charge >= 0.3 is 0 Å². The third-order valence-corrected chi connectivity index (χ3v) is 23.8. The van der Waals surface area contributed by atoms with Crippen molar-refractivity contribution in [2.45, 2.75) is 25.0 Å². The number of para-hydroxylation sites is 4. The molecule has 6 atom stereocenters. The van der Waals surface area contributed by atoms with E-state index in [0.29, 0.717) is 5.69 Å². The van der Waals surface area contributed by atoms with Gasteiger partial charge in [-0.05, 0) is 273 Å².